The highest BCUT2D eigenvalue weighted by atomic mass is 16.3. The molecule has 0 aliphatic rings. The summed E-state index contributed by atoms with van der Waals surface area (Å²) in [4.78, 5) is 11.2. The number of aliphatic hydroxyl groups excluding tert-OH is 1. The molecule has 4 heteroatoms. The molecule has 14 heavy (non-hydrogen) atoms. The zero-order chi connectivity index (χ0) is 11.0. The summed E-state index contributed by atoms with van der Waals surface area (Å²) >= 11 is 0. The lowest BCUT2D eigenvalue weighted by atomic mass is 10.2. The summed E-state index contributed by atoms with van der Waals surface area (Å²) in [6.07, 6.45) is 3.09. The first-order chi connectivity index (χ1) is 6.57. The second-order valence-electron chi connectivity index (χ2n) is 3.67. The van der Waals surface area contributed by atoms with Gasteiger partial charge in [0.05, 0.1) is 6.10 Å². The maximum absolute atomic E-state index is 11.2. The first-order valence-corrected chi connectivity index (χ1v) is 5.28. The average molecular weight is 202 g/mol. The third-order valence-corrected chi connectivity index (χ3v) is 2.16. The molecule has 2 unspecified atom stereocenters. The normalized spacial score (nSPS) is 14.9. The first-order valence-electron chi connectivity index (χ1n) is 5.28. The van der Waals surface area contributed by atoms with Gasteiger partial charge in [-0.25, -0.2) is 0 Å². The maximum Gasteiger partial charge on any atom is 0.220 e. The van der Waals surface area contributed by atoms with Crippen LogP contribution in [0.15, 0.2) is 0 Å². The topological polar surface area (TPSA) is 75.4 Å². The van der Waals surface area contributed by atoms with E-state index in [1.165, 1.54) is 0 Å². The van der Waals surface area contributed by atoms with E-state index in [4.69, 9.17) is 10.8 Å². The molecule has 0 saturated carbocycles. The number of carbonyl (C=O) groups is 1. The van der Waals surface area contributed by atoms with Gasteiger partial charge in [-0.15, -0.1) is 0 Å². The third kappa shape index (κ3) is 6.86. The van der Waals surface area contributed by atoms with E-state index in [-0.39, 0.29) is 11.9 Å². The molecule has 0 aromatic heterocycles. The molecule has 0 aliphatic carbocycles. The molecular weight excluding hydrogens is 180 g/mol. The molecule has 0 aromatic rings. The van der Waals surface area contributed by atoms with Gasteiger partial charge in [-0.2, -0.15) is 0 Å². The molecule has 4 N–H and O–H groups in total. The van der Waals surface area contributed by atoms with Crippen LogP contribution in [0.5, 0.6) is 0 Å². The number of hydrogen-bond acceptors (Lipinski definition) is 3. The average Bonchev–Trinajstić information content (AvgIpc) is 2.14. The Labute approximate surface area is 85.9 Å². The van der Waals surface area contributed by atoms with Crippen LogP contribution >= 0.6 is 0 Å². The van der Waals surface area contributed by atoms with Gasteiger partial charge in [0.1, 0.15) is 0 Å². The summed E-state index contributed by atoms with van der Waals surface area (Å²) in [6.45, 7) is 4.07. The van der Waals surface area contributed by atoms with Crippen molar-refractivity contribution in [2.45, 2.75) is 51.7 Å². The molecule has 4 nitrogen and oxygen atoms in total. The van der Waals surface area contributed by atoms with E-state index < -0.39 is 6.10 Å². The second-order valence-corrected chi connectivity index (χ2v) is 3.67. The Morgan fingerprint density at radius 1 is 1.50 bits per heavy atom. The maximum atomic E-state index is 11.2. The van der Waals surface area contributed by atoms with Gasteiger partial charge >= 0.3 is 0 Å². The highest BCUT2D eigenvalue weighted by Gasteiger charge is 2.10. The van der Waals surface area contributed by atoms with Crippen LogP contribution in [0.3, 0.4) is 0 Å². The number of aliphatic hydroxyl groups is 1. The highest BCUT2D eigenvalue weighted by Crippen LogP contribution is 1.98. The zero-order valence-electron chi connectivity index (χ0n) is 9.12. The Morgan fingerprint density at radius 3 is 2.64 bits per heavy atom. The van der Waals surface area contributed by atoms with Gasteiger partial charge in [0.15, 0.2) is 0 Å². The largest absolute Gasteiger partial charge is 0.392 e. The van der Waals surface area contributed by atoms with E-state index in [1.807, 2.05) is 0 Å². The van der Waals surface area contributed by atoms with Gasteiger partial charge in [0.25, 0.3) is 0 Å². The Hall–Kier alpha value is -0.610. The van der Waals surface area contributed by atoms with Crippen molar-refractivity contribution in [2.24, 2.45) is 5.73 Å². The van der Waals surface area contributed by atoms with Gasteiger partial charge in [0, 0.05) is 19.0 Å². The van der Waals surface area contributed by atoms with Crippen LogP contribution in [0.2, 0.25) is 0 Å². The smallest absolute Gasteiger partial charge is 0.220 e. The Balaban J connectivity index is 3.44. The van der Waals surface area contributed by atoms with Crippen LogP contribution in [-0.2, 0) is 4.79 Å². The Kier molecular flexibility index (Phi) is 7.42. The molecular formula is C10H22N2O2. The van der Waals surface area contributed by atoms with Crippen molar-refractivity contribution >= 4 is 5.91 Å². The van der Waals surface area contributed by atoms with E-state index in [1.54, 1.807) is 6.92 Å². The minimum absolute atomic E-state index is 0.0227. The highest BCUT2D eigenvalue weighted by molar-refractivity contribution is 5.75. The third-order valence-electron chi connectivity index (χ3n) is 2.16. The molecule has 0 bridgehead atoms. The molecule has 0 spiro atoms. The SMILES string of the molecule is CCCCCC(=O)NCC(N)C(C)O. The van der Waals surface area contributed by atoms with Crippen molar-refractivity contribution in [3.8, 4) is 0 Å². The summed E-state index contributed by atoms with van der Waals surface area (Å²) in [7, 11) is 0. The van der Waals surface area contributed by atoms with Crippen molar-refractivity contribution in [2.75, 3.05) is 6.54 Å². The molecule has 0 aromatic carbocycles. The molecule has 2 atom stereocenters. The summed E-state index contributed by atoms with van der Waals surface area (Å²) in [6, 6.07) is -0.370. The number of rotatable bonds is 7. The fourth-order valence-corrected chi connectivity index (χ4v) is 1.03. The molecule has 0 rings (SSSR count). The van der Waals surface area contributed by atoms with Crippen LogP contribution in [0.25, 0.3) is 0 Å². The van der Waals surface area contributed by atoms with Gasteiger partial charge in [-0.3, -0.25) is 4.79 Å². The van der Waals surface area contributed by atoms with Gasteiger partial charge in [-0.05, 0) is 13.3 Å². The number of hydrogen-bond donors (Lipinski definition) is 3. The number of nitrogens with two attached hydrogens (primary N) is 1. The van der Waals surface area contributed by atoms with Gasteiger partial charge in [0.2, 0.25) is 5.91 Å². The predicted molar refractivity (Wildman–Crippen MR) is 56.8 cm³/mol. The van der Waals surface area contributed by atoms with Crippen molar-refractivity contribution < 1.29 is 9.90 Å². The summed E-state index contributed by atoms with van der Waals surface area (Å²) in [5, 5.41) is 11.8. The van der Waals surface area contributed by atoms with Crippen LogP contribution in [0, 0.1) is 0 Å². The monoisotopic (exact) mass is 202 g/mol. The van der Waals surface area contributed by atoms with Crippen LogP contribution < -0.4 is 11.1 Å². The number of amides is 1. The second kappa shape index (κ2) is 7.76. The summed E-state index contributed by atoms with van der Waals surface area (Å²) in [5.74, 6) is 0.0227. The number of nitrogens with one attached hydrogen (secondary N) is 1. The molecule has 0 saturated heterocycles. The van der Waals surface area contributed by atoms with Gasteiger partial charge < -0.3 is 16.2 Å². The molecule has 0 aliphatic heterocycles. The standard InChI is InChI=1S/C10H22N2O2/c1-3-4-5-6-10(14)12-7-9(11)8(2)13/h8-9,13H,3-7,11H2,1-2H3,(H,12,14). The Morgan fingerprint density at radius 2 is 2.14 bits per heavy atom. The fraction of sp³-hybridized carbons (Fsp3) is 0.900. The van der Waals surface area contributed by atoms with Crippen molar-refractivity contribution in [3.63, 3.8) is 0 Å². The lowest BCUT2D eigenvalue weighted by Gasteiger charge is -2.15. The minimum Gasteiger partial charge on any atom is -0.392 e. The molecule has 0 radical (unpaired) electrons. The van der Waals surface area contributed by atoms with E-state index in [2.05, 4.69) is 12.2 Å². The minimum atomic E-state index is -0.578. The lowest BCUT2D eigenvalue weighted by molar-refractivity contribution is -0.121. The Bertz CT molecular complexity index is 160. The summed E-state index contributed by atoms with van der Waals surface area (Å²) < 4.78 is 0. The van der Waals surface area contributed by atoms with Gasteiger partial charge in [-0.1, -0.05) is 19.8 Å². The number of carbonyl (C=O) groups excluding carboxylic acids is 1. The molecule has 0 fully saturated rings. The van der Waals surface area contributed by atoms with Crippen molar-refractivity contribution in [1.82, 2.24) is 5.32 Å². The van der Waals surface area contributed by atoms with E-state index in [0.29, 0.717) is 13.0 Å². The van der Waals surface area contributed by atoms with Crippen LogP contribution in [0.1, 0.15) is 39.5 Å². The van der Waals surface area contributed by atoms with Crippen molar-refractivity contribution in [1.29, 1.82) is 0 Å². The summed E-state index contributed by atoms with van der Waals surface area (Å²) in [5.41, 5.74) is 5.55. The first kappa shape index (κ1) is 13.4. The van der Waals surface area contributed by atoms with E-state index in [0.717, 1.165) is 19.3 Å². The van der Waals surface area contributed by atoms with Crippen LogP contribution in [-0.4, -0.2) is 29.7 Å². The number of unbranched alkanes of at least 4 members (excludes halogenated alkanes) is 2. The van der Waals surface area contributed by atoms with Crippen LogP contribution in [0.4, 0.5) is 0 Å². The molecule has 84 valence electrons. The van der Waals surface area contributed by atoms with E-state index >= 15 is 0 Å². The molecule has 0 heterocycles. The fourth-order valence-electron chi connectivity index (χ4n) is 1.03. The van der Waals surface area contributed by atoms with E-state index in [9.17, 15) is 4.79 Å². The zero-order valence-corrected chi connectivity index (χ0v) is 9.12. The quantitative estimate of drug-likeness (QED) is 0.523. The molecule has 1 amide bonds. The van der Waals surface area contributed by atoms with Crippen molar-refractivity contribution in [3.05, 3.63) is 0 Å². The lowest BCUT2D eigenvalue weighted by Crippen LogP contribution is -2.43. The predicted octanol–water partition coefficient (Wildman–Crippen LogP) is 0.391.